The third-order valence-corrected chi connectivity index (χ3v) is 3.82. The van der Waals surface area contributed by atoms with Crippen molar-refractivity contribution in [3.05, 3.63) is 0 Å². The minimum absolute atomic E-state index is 0.293. The van der Waals surface area contributed by atoms with Crippen LogP contribution in [0, 0.1) is 0 Å². The van der Waals surface area contributed by atoms with Crippen LogP contribution in [0.2, 0.25) is 0 Å². The number of hydrogen-bond acceptors (Lipinski definition) is 3. The van der Waals surface area contributed by atoms with E-state index in [1.165, 1.54) is 25.9 Å². The van der Waals surface area contributed by atoms with Gasteiger partial charge in [-0.05, 0) is 39.4 Å². The van der Waals surface area contributed by atoms with Crippen LogP contribution in [-0.4, -0.2) is 61.5 Å². The molecule has 2 heterocycles. The molecule has 1 N–H and O–H groups in total. The van der Waals surface area contributed by atoms with Crippen molar-refractivity contribution >= 4 is 5.91 Å². The fourth-order valence-electron chi connectivity index (χ4n) is 2.66. The van der Waals surface area contributed by atoms with Gasteiger partial charge in [0, 0.05) is 32.1 Å². The van der Waals surface area contributed by atoms with Crippen LogP contribution in [0.25, 0.3) is 0 Å². The van der Waals surface area contributed by atoms with E-state index in [2.05, 4.69) is 17.3 Å². The maximum atomic E-state index is 11.4. The van der Waals surface area contributed by atoms with Crippen molar-refractivity contribution in [3.8, 4) is 0 Å². The Morgan fingerprint density at radius 1 is 1.12 bits per heavy atom. The Labute approximate surface area is 98.0 Å². The van der Waals surface area contributed by atoms with Crippen molar-refractivity contribution in [1.29, 1.82) is 0 Å². The average molecular weight is 225 g/mol. The zero-order valence-corrected chi connectivity index (χ0v) is 10.4. The first-order valence-electron chi connectivity index (χ1n) is 6.33. The van der Waals surface area contributed by atoms with Crippen molar-refractivity contribution in [2.45, 2.75) is 37.8 Å². The molecule has 0 aromatic rings. The summed E-state index contributed by atoms with van der Waals surface area (Å²) in [4.78, 5) is 15.6. The highest BCUT2D eigenvalue weighted by atomic mass is 16.2. The van der Waals surface area contributed by atoms with E-state index >= 15 is 0 Å². The largest absolute Gasteiger partial charge is 0.344 e. The number of carbonyl (C=O) groups excluding carboxylic acids is 1. The van der Waals surface area contributed by atoms with Crippen LogP contribution in [0.5, 0.6) is 0 Å². The second-order valence-electron chi connectivity index (χ2n) is 5.25. The van der Waals surface area contributed by atoms with E-state index in [9.17, 15) is 4.79 Å². The van der Waals surface area contributed by atoms with Crippen LogP contribution >= 0.6 is 0 Å². The second-order valence-corrected chi connectivity index (χ2v) is 5.25. The third-order valence-electron chi connectivity index (χ3n) is 3.82. The number of hydrogen-bond donors (Lipinski definition) is 1. The Bertz CT molecular complexity index is 249. The molecular formula is C12H23N3O. The highest BCUT2D eigenvalue weighted by molar-refractivity contribution is 5.76. The monoisotopic (exact) mass is 225 g/mol. The molecule has 4 nitrogen and oxygen atoms in total. The maximum Gasteiger partial charge on any atom is 0.222 e. The quantitative estimate of drug-likeness (QED) is 0.734. The van der Waals surface area contributed by atoms with Gasteiger partial charge in [-0.3, -0.25) is 4.79 Å². The van der Waals surface area contributed by atoms with Gasteiger partial charge in [-0.15, -0.1) is 0 Å². The van der Waals surface area contributed by atoms with E-state index in [1.807, 2.05) is 11.9 Å². The molecule has 0 aromatic heterocycles. The number of rotatable bonds is 2. The normalized spacial score (nSPS) is 29.8. The van der Waals surface area contributed by atoms with E-state index in [0.717, 1.165) is 13.0 Å². The summed E-state index contributed by atoms with van der Waals surface area (Å²) in [6.45, 7) is 3.27. The first-order chi connectivity index (χ1) is 7.65. The molecule has 0 aromatic carbocycles. The molecule has 92 valence electrons. The number of likely N-dealkylation sites (N-methyl/N-ethyl adjacent to an activating group) is 1. The van der Waals surface area contributed by atoms with Crippen LogP contribution in [0.4, 0.5) is 0 Å². The Hall–Kier alpha value is -0.610. The van der Waals surface area contributed by atoms with Gasteiger partial charge in [-0.25, -0.2) is 0 Å². The Morgan fingerprint density at radius 2 is 1.81 bits per heavy atom. The van der Waals surface area contributed by atoms with Gasteiger partial charge in [-0.2, -0.15) is 0 Å². The van der Waals surface area contributed by atoms with Crippen molar-refractivity contribution in [2.24, 2.45) is 0 Å². The zero-order valence-electron chi connectivity index (χ0n) is 10.4. The number of nitrogens with zero attached hydrogens (tertiary/aromatic N) is 2. The Balaban J connectivity index is 1.75. The van der Waals surface area contributed by atoms with E-state index < -0.39 is 0 Å². The van der Waals surface area contributed by atoms with Crippen LogP contribution in [-0.2, 0) is 4.79 Å². The van der Waals surface area contributed by atoms with Crippen LogP contribution < -0.4 is 5.32 Å². The molecule has 4 heteroatoms. The minimum Gasteiger partial charge on any atom is -0.344 e. The van der Waals surface area contributed by atoms with Gasteiger partial charge in [0.2, 0.25) is 5.91 Å². The number of nitrogens with one attached hydrogen (secondary N) is 1. The van der Waals surface area contributed by atoms with Gasteiger partial charge in [-0.1, -0.05) is 0 Å². The maximum absolute atomic E-state index is 11.4. The highest BCUT2D eigenvalue weighted by Crippen LogP contribution is 2.14. The lowest BCUT2D eigenvalue weighted by Crippen LogP contribution is -2.52. The van der Waals surface area contributed by atoms with E-state index in [-0.39, 0.29) is 0 Å². The highest BCUT2D eigenvalue weighted by Gasteiger charge is 2.25. The Morgan fingerprint density at radius 3 is 2.44 bits per heavy atom. The molecule has 2 aliphatic rings. The molecule has 0 aliphatic carbocycles. The minimum atomic E-state index is 0.293. The number of carbonyl (C=O) groups is 1. The molecule has 0 spiro atoms. The molecule has 1 unspecified atom stereocenters. The summed E-state index contributed by atoms with van der Waals surface area (Å²) >= 11 is 0. The fraction of sp³-hybridized carbons (Fsp3) is 0.917. The lowest BCUT2D eigenvalue weighted by atomic mass is 10.0. The van der Waals surface area contributed by atoms with Gasteiger partial charge in [0.25, 0.3) is 0 Å². The molecule has 2 aliphatic heterocycles. The van der Waals surface area contributed by atoms with Crippen molar-refractivity contribution < 1.29 is 4.79 Å². The lowest BCUT2D eigenvalue weighted by Gasteiger charge is -2.36. The molecule has 0 radical (unpaired) electrons. The first-order valence-corrected chi connectivity index (χ1v) is 6.33. The van der Waals surface area contributed by atoms with Crippen molar-refractivity contribution in [2.75, 3.05) is 33.7 Å². The molecule has 0 bridgehead atoms. The van der Waals surface area contributed by atoms with Gasteiger partial charge in [0.15, 0.2) is 0 Å². The molecule has 0 saturated carbocycles. The lowest BCUT2D eigenvalue weighted by molar-refractivity contribution is -0.132. The fourth-order valence-corrected chi connectivity index (χ4v) is 2.66. The second kappa shape index (κ2) is 5.15. The summed E-state index contributed by atoms with van der Waals surface area (Å²) in [5.41, 5.74) is 0. The Kier molecular flexibility index (Phi) is 3.82. The average Bonchev–Trinajstić information content (AvgIpc) is 2.27. The third kappa shape index (κ3) is 2.95. The zero-order chi connectivity index (χ0) is 11.5. The van der Waals surface area contributed by atoms with Gasteiger partial charge < -0.3 is 15.1 Å². The SMILES string of the molecule is CN1CCC(NC2CCC(=O)N(C)C2)CC1. The number of likely N-dealkylation sites (tertiary alicyclic amines) is 2. The van der Waals surface area contributed by atoms with Gasteiger partial charge in [0.1, 0.15) is 0 Å². The number of amides is 1. The van der Waals surface area contributed by atoms with E-state index in [0.29, 0.717) is 24.4 Å². The summed E-state index contributed by atoms with van der Waals surface area (Å²) in [5.74, 6) is 0.293. The number of piperidine rings is 2. The predicted molar refractivity (Wildman–Crippen MR) is 64.3 cm³/mol. The molecule has 2 rings (SSSR count). The summed E-state index contributed by atoms with van der Waals surface area (Å²) < 4.78 is 0. The summed E-state index contributed by atoms with van der Waals surface area (Å²) in [6, 6.07) is 1.17. The van der Waals surface area contributed by atoms with Gasteiger partial charge in [0.05, 0.1) is 0 Å². The molecule has 2 fully saturated rings. The smallest absolute Gasteiger partial charge is 0.222 e. The predicted octanol–water partition coefficient (Wildman–Crippen LogP) is 0.291. The van der Waals surface area contributed by atoms with Crippen LogP contribution in [0.15, 0.2) is 0 Å². The molecule has 1 amide bonds. The van der Waals surface area contributed by atoms with Crippen molar-refractivity contribution in [3.63, 3.8) is 0 Å². The van der Waals surface area contributed by atoms with Crippen LogP contribution in [0.3, 0.4) is 0 Å². The first kappa shape index (κ1) is 11.9. The summed E-state index contributed by atoms with van der Waals surface area (Å²) in [7, 11) is 4.09. The van der Waals surface area contributed by atoms with Crippen molar-refractivity contribution in [1.82, 2.24) is 15.1 Å². The standard InChI is InChI=1S/C12H23N3O/c1-14-7-5-10(6-8-14)13-11-3-4-12(16)15(2)9-11/h10-11,13H,3-9H2,1-2H3. The summed E-state index contributed by atoms with van der Waals surface area (Å²) in [5, 5.41) is 3.71. The van der Waals surface area contributed by atoms with Crippen LogP contribution in [0.1, 0.15) is 25.7 Å². The molecule has 16 heavy (non-hydrogen) atoms. The molecule has 2 saturated heterocycles. The van der Waals surface area contributed by atoms with Gasteiger partial charge >= 0.3 is 0 Å². The molecular weight excluding hydrogens is 202 g/mol. The topological polar surface area (TPSA) is 35.6 Å². The summed E-state index contributed by atoms with van der Waals surface area (Å²) in [6.07, 6.45) is 4.20. The molecule has 1 atom stereocenters. The van der Waals surface area contributed by atoms with E-state index in [1.54, 1.807) is 0 Å². The van der Waals surface area contributed by atoms with E-state index in [4.69, 9.17) is 0 Å².